The van der Waals surface area contributed by atoms with E-state index in [1.54, 1.807) is 4.90 Å². The van der Waals surface area contributed by atoms with Crippen LogP contribution >= 0.6 is 0 Å². The number of amides is 1. The van der Waals surface area contributed by atoms with Gasteiger partial charge in [-0.25, -0.2) is 0 Å². The quantitative estimate of drug-likeness (QED) is 0.772. The second kappa shape index (κ2) is 5.36. The van der Waals surface area contributed by atoms with Gasteiger partial charge in [0, 0.05) is 26.1 Å². The van der Waals surface area contributed by atoms with Crippen LogP contribution in [0.3, 0.4) is 0 Å². The van der Waals surface area contributed by atoms with Gasteiger partial charge in [-0.15, -0.1) is 0 Å². The van der Waals surface area contributed by atoms with Crippen LogP contribution in [0.4, 0.5) is 0 Å². The Morgan fingerprint density at radius 3 is 2.41 bits per heavy atom. The van der Waals surface area contributed by atoms with Crippen molar-refractivity contribution in [2.45, 2.75) is 52.2 Å². The van der Waals surface area contributed by atoms with Gasteiger partial charge in [0.15, 0.2) is 0 Å². The van der Waals surface area contributed by atoms with Crippen molar-refractivity contribution >= 4 is 5.91 Å². The molecule has 1 atom stereocenters. The third-order valence-electron chi connectivity index (χ3n) is 3.68. The molecule has 1 saturated carbocycles. The van der Waals surface area contributed by atoms with Crippen molar-refractivity contribution in [2.75, 3.05) is 13.6 Å². The standard InChI is InChI=1S/C13H26N2O2/c1-13(2,3)11(14)7-12(17)15(4)8-9-5-10(16)6-9/h9-11,16H,5-8,14H2,1-4H3. The molecular formula is C13H26N2O2. The smallest absolute Gasteiger partial charge is 0.223 e. The van der Waals surface area contributed by atoms with Crippen LogP contribution in [0.2, 0.25) is 0 Å². The summed E-state index contributed by atoms with van der Waals surface area (Å²) in [5.41, 5.74) is 5.96. The molecule has 0 spiro atoms. The van der Waals surface area contributed by atoms with Gasteiger partial charge < -0.3 is 15.7 Å². The van der Waals surface area contributed by atoms with Gasteiger partial charge in [0.25, 0.3) is 0 Å². The lowest BCUT2D eigenvalue weighted by molar-refractivity contribution is -0.132. The summed E-state index contributed by atoms with van der Waals surface area (Å²) in [6.45, 7) is 6.89. The van der Waals surface area contributed by atoms with E-state index in [2.05, 4.69) is 0 Å². The molecule has 0 heterocycles. The van der Waals surface area contributed by atoms with Crippen molar-refractivity contribution in [2.24, 2.45) is 17.1 Å². The summed E-state index contributed by atoms with van der Waals surface area (Å²) in [6.07, 6.45) is 1.89. The Bertz CT molecular complexity index is 267. The Balaban J connectivity index is 2.32. The molecule has 0 radical (unpaired) electrons. The molecule has 0 saturated heterocycles. The van der Waals surface area contributed by atoms with Crippen molar-refractivity contribution in [3.63, 3.8) is 0 Å². The van der Waals surface area contributed by atoms with Crippen molar-refractivity contribution in [1.29, 1.82) is 0 Å². The number of nitrogens with zero attached hydrogens (tertiary/aromatic N) is 1. The molecule has 0 aliphatic heterocycles. The Kier molecular flexibility index (Phi) is 4.55. The van der Waals surface area contributed by atoms with Crippen LogP contribution in [0.25, 0.3) is 0 Å². The SMILES string of the molecule is CN(CC1CC(O)C1)C(=O)CC(N)C(C)(C)C. The number of carbonyl (C=O) groups excluding carboxylic acids is 1. The van der Waals surface area contributed by atoms with Gasteiger partial charge >= 0.3 is 0 Å². The first-order chi connectivity index (χ1) is 7.70. The number of aliphatic hydroxyl groups excluding tert-OH is 1. The van der Waals surface area contributed by atoms with E-state index in [0.29, 0.717) is 12.3 Å². The Morgan fingerprint density at radius 2 is 2.00 bits per heavy atom. The highest BCUT2D eigenvalue weighted by molar-refractivity contribution is 5.76. The maximum atomic E-state index is 11.9. The van der Waals surface area contributed by atoms with E-state index >= 15 is 0 Å². The maximum absolute atomic E-state index is 11.9. The zero-order valence-electron chi connectivity index (χ0n) is 11.4. The van der Waals surface area contributed by atoms with Crippen molar-refractivity contribution in [1.82, 2.24) is 4.90 Å². The van der Waals surface area contributed by atoms with E-state index in [0.717, 1.165) is 19.4 Å². The van der Waals surface area contributed by atoms with Gasteiger partial charge in [-0.1, -0.05) is 20.8 Å². The van der Waals surface area contributed by atoms with Crippen molar-refractivity contribution < 1.29 is 9.90 Å². The largest absolute Gasteiger partial charge is 0.393 e. The number of hydrogen-bond donors (Lipinski definition) is 2. The minimum absolute atomic E-state index is 0.0385. The molecule has 1 amide bonds. The van der Waals surface area contributed by atoms with Gasteiger partial charge in [0.05, 0.1) is 6.10 Å². The summed E-state index contributed by atoms with van der Waals surface area (Å²) >= 11 is 0. The first kappa shape index (κ1) is 14.5. The highest BCUT2D eigenvalue weighted by Gasteiger charge is 2.30. The number of carbonyl (C=O) groups is 1. The Morgan fingerprint density at radius 1 is 1.47 bits per heavy atom. The van der Waals surface area contributed by atoms with Gasteiger partial charge in [-0.2, -0.15) is 0 Å². The first-order valence-electron chi connectivity index (χ1n) is 6.37. The van der Waals surface area contributed by atoms with E-state index in [4.69, 9.17) is 5.73 Å². The molecule has 1 rings (SSSR count). The predicted molar refractivity (Wildman–Crippen MR) is 68.4 cm³/mol. The van der Waals surface area contributed by atoms with Crippen LogP contribution in [0.15, 0.2) is 0 Å². The number of rotatable bonds is 4. The Hall–Kier alpha value is -0.610. The minimum Gasteiger partial charge on any atom is -0.393 e. The molecular weight excluding hydrogens is 216 g/mol. The molecule has 4 nitrogen and oxygen atoms in total. The molecule has 4 heteroatoms. The number of aliphatic hydroxyl groups is 1. The average molecular weight is 242 g/mol. The molecule has 1 aliphatic carbocycles. The van der Waals surface area contributed by atoms with E-state index in [1.165, 1.54) is 0 Å². The van der Waals surface area contributed by atoms with E-state index in [9.17, 15) is 9.90 Å². The molecule has 1 fully saturated rings. The van der Waals surface area contributed by atoms with Crippen LogP contribution < -0.4 is 5.73 Å². The van der Waals surface area contributed by atoms with Gasteiger partial charge in [0.2, 0.25) is 5.91 Å². The van der Waals surface area contributed by atoms with E-state index in [1.807, 2.05) is 27.8 Å². The third kappa shape index (κ3) is 4.28. The molecule has 0 aromatic carbocycles. The summed E-state index contributed by atoms with van der Waals surface area (Å²) in [6, 6.07) is -0.107. The van der Waals surface area contributed by atoms with Crippen LogP contribution in [-0.4, -0.2) is 41.7 Å². The highest BCUT2D eigenvalue weighted by Crippen LogP contribution is 2.28. The lowest BCUT2D eigenvalue weighted by Crippen LogP contribution is -2.43. The summed E-state index contributed by atoms with van der Waals surface area (Å²) in [4.78, 5) is 13.7. The second-order valence-corrected chi connectivity index (χ2v) is 6.44. The third-order valence-corrected chi connectivity index (χ3v) is 3.68. The molecule has 100 valence electrons. The molecule has 3 N–H and O–H groups in total. The lowest BCUT2D eigenvalue weighted by atomic mass is 9.82. The van der Waals surface area contributed by atoms with Crippen LogP contribution in [-0.2, 0) is 4.79 Å². The summed E-state index contributed by atoms with van der Waals surface area (Å²) < 4.78 is 0. The normalized spacial score (nSPS) is 26.2. The molecule has 1 aliphatic rings. The van der Waals surface area contributed by atoms with Gasteiger partial charge in [0.1, 0.15) is 0 Å². The predicted octanol–water partition coefficient (Wildman–Crippen LogP) is 0.979. The number of hydrogen-bond acceptors (Lipinski definition) is 3. The van der Waals surface area contributed by atoms with Crippen molar-refractivity contribution in [3.8, 4) is 0 Å². The fraction of sp³-hybridized carbons (Fsp3) is 0.923. The summed E-state index contributed by atoms with van der Waals surface area (Å²) in [7, 11) is 1.82. The van der Waals surface area contributed by atoms with E-state index in [-0.39, 0.29) is 23.5 Å². The molecule has 1 unspecified atom stereocenters. The molecule has 0 aromatic heterocycles. The topological polar surface area (TPSA) is 66.6 Å². The monoisotopic (exact) mass is 242 g/mol. The lowest BCUT2D eigenvalue weighted by Gasteiger charge is -2.35. The molecule has 0 aromatic rings. The second-order valence-electron chi connectivity index (χ2n) is 6.44. The summed E-state index contributed by atoms with van der Waals surface area (Å²) in [5.74, 6) is 0.568. The highest BCUT2D eigenvalue weighted by atomic mass is 16.3. The Labute approximate surface area is 104 Å². The maximum Gasteiger partial charge on any atom is 0.223 e. The van der Waals surface area contributed by atoms with E-state index < -0.39 is 0 Å². The van der Waals surface area contributed by atoms with Gasteiger partial charge in [-0.05, 0) is 24.2 Å². The minimum atomic E-state index is -0.152. The van der Waals surface area contributed by atoms with Crippen molar-refractivity contribution in [3.05, 3.63) is 0 Å². The van der Waals surface area contributed by atoms with Crippen LogP contribution in [0.1, 0.15) is 40.0 Å². The summed E-state index contributed by atoms with van der Waals surface area (Å²) in [5, 5.41) is 9.20. The fourth-order valence-corrected chi connectivity index (χ4v) is 1.99. The molecule has 0 bridgehead atoms. The van der Waals surface area contributed by atoms with Crippen LogP contribution in [0.5, 0.6) is 0 Å². The molecule has 17 heavy (non-hydrogen) atoms. The zero-order valence-corrected chi connectivity index (χ0v) is 11.4. The first-order valence-corrected chi connectivity index (χ1v) is 6.37. The average Bonchev–Trinajstić information content (AvgIpc) is 2.13. The van der Waals surface area contributed by atoms with Crippen LogP contribution in [0, 0.1) is 11.3 Å². The zero-order chi connectivity index (χ0) is 13.2. The fourth-order valence-electron chi connectivity index (χ4n) is 1.99. The van der Waals surface area contributed by atoms with Gasteiger partial charge in [-0.3, -0.25) is 4.79 Å². The number of nitrogens with two attached hydrogens (primary N) is 1.